The highest BCUT2D eigenvalue weighted by Gasteiger charge is 2.31. The number of halogens is 1. The van der Waals surface area contributed by atoms with E-state index >= 15 is 0 Å². The number of rotatable bonds is 8. The molecule has 3 aromatic carbocycles. The summed E-state index contributed by atoms with van der Waals surface area (Å²) in [5.74, 6) is 0.0469. The lowest BCUT2D eigenvalue weighted by atomic mass is 9.95. The molecule has 1 aliphatic carbocycles. The van der Waals surface area contributed by atoms with Crippen molar-refractivity contribution >= 4 is 22.4 Å². The molecule has 0 spiro atoms. The first-order chi connectivity index (χ1) is 17.5. The van der Waals surface area contributed by atoms with E-state index in [-0.39, 0.29) is 18.1 Å². The molecule has 3 aliphatic rings. The summed E-state index contributed by atoms with van der Waals surface area (Å²) < 4.78 is 19.5. The fraction of sp³-hybridized carbons (Fsp3) is 0.357. The molecule has 2 fully saturated rings. The first kappa shape index (κ1) is 22.9. The Balaban J connectivity index is 1.23. The maximum Gasteiger partial charge on any atom is 0.274 e. The highest BCUT2D eigenvalue weighted by molar-refractivity contribution is 6.46. The van der Waals surface area contributed by atoms with Gasteiger partial charge in [-0.2, -0.15) is 0 Å². The van der Waals surface area contributed by atoms with Crippen LogP contribution >= 0.6 is 0 Å². The van der Waals surface area contributed by atoms with Gasteiger partial charge in [-0.1, -0.05) is 35.5 Å². The predicted molar refractivity (Wildman–Crippen MR) is 133 cm³/mol. The van der Waals surface area contributed by atoms with E-state index in [1.54, 1.807) is 18.2 Å². The first-order valence-corrected chi connectivity index (χ1v) is 12.4. The second-order valence-corrected chi connectivity index (χ2v) is 9.74. The van der Waals surface area contributed by atoms with Gasteiger partial charge in [-0.25, -0.2) is 4.39 Å². The van der Waals surface area contributed by atoms with Crippen LogP contribution in [-0.4, -0.2) is 53.4 Å². The number of likely N-dealkylation sites (tertiary alicyclic amines) is 1. The van der Waals surface area contributed by atoms with Gasteiger partial charge in [-0.3, -0.25) is 4.79 Å². The third kappa shape index (κ3) is 4.66. The summed E-state index contributed by atoms with van der Waals surface area (Å²) in [6, 6.07) is 15.0. The number of oxime groups is 1. The largest absolute Gasteiger partial charge is 0.490 e. The standard InChI is InChI=1S/C28H28FN3O4/c29-19-5-11-22-18(14-19)4-10-23-24(22)16-35-31-26(23)28(34)30-25(15-32-12-1-13-32)27(33)17-2-6-20(7-3-17)36-21-8-9-21/h2-7,10-11,14,21,25,27,33H,1,8-9,12-13,15-16H2,(H,30,34). The molecule has 6 rings (SSSR count). The van der Waals surface area contributed by atoms with Crippen molar-refractivity contribution in [3.63, 3.8) is 0 Å². The number of nitrogens with one attached hydrogen (secondary N) is 1. The van der Waals surface area contributed by atoms with Crippen LogP contribution in [0.4, 0.5) is 4.39 Å². The van der Waals surface area contributed by atoms with Crippen LogP contribution in [0.5, 0.6) is 5.75 Å². The molecule has 36 heavy (non-hydrogen) atoms. The molecule has 8 heteroatoms. The van der Waals surface area contributed by atoms with Gasteiger partial charge in [-0.05, 0) is 73.0 Å². The Bertz CT molecular complexity index is 1320. The topological polar surface area (TPSA) is 83.4 Å². The first-order valence-electron chi connectivity index (χ1n) is 12.4. The minimum Gasteiger partial charge on any atom is -0.490 e. The van der Waals surface area contributed by atoms with Crippen LogP contribution in [0.3, 0.4) is 0 Å². The number of aliphatic hydroxyl groups is 1. The van der Waals surface area contributed by atoms with Gasteiger partial charge in [0, 0.05) is 17.7 Å². The average Bonchev–Trinajstić information content (AvgIpc) is 3.68. The molecule has 0 aromatic heterocycles. The molecule has 186 valence electrons. The third-order valence-electron chi connectivity index (χ3n) is 7.08. The summed E-state index contributed by atoms with van der Waals surface area (Å²) in [5, 5.41) is 19.9. The fourth-order valence-corrected chi connectivity index (χ4v) is 4.77. The van der Waals surface area contributed by atoms with Crippen molar-refractivity contribution in [1.82, 2.24) is 10.2 Å². The van der Waals surface area contributed by atoms with E-state index in [1.165, 1.54) is 12.1 Å². The zero-order valence-corrected chi connectivity index (χ0v) is 19.8. The minimum atomic E-state index is -0.909. The monoisotopic (exact) mass is 489 g/mol. The highest BCUT2D eigenvalue weighted by Crippen LogP contribution is 2.30. The smallest absolute Gasteiger partial charge is 0.274 e. The van der Waals surface area contributed by atoms with Crippen molar-refractivity contribution < 1.29 is 23.9 Å². The number of fused-ring (bicyclic) bond motifs is 3. The summed E-state index contributed by atoms with van der Waals surface area (Å²) in [4.78, 5) is 21.0. The van der Waals surface area contributed by atoms with Crippen molar-refractivity contribution in [3.8, 4) is 5.75 Å². The van der Waals surface area contributed by atoms with Crippen LogP contribution < -0.4 is 10.1 Å². The van der Waals surface area contributed by atoms with Crippen LogP contribution in [0.2, 0.25) is 0 Å². The van der Waals surface area contributed by atoms with Gasteiger partial charge in [0.25, 0.3) is 5.91 Å². The summed E-state index contributed by atoms with van der Waals surface area (Å²) in [5.41, 5.74) is 2.30. The lowest BCUT2D eigenvalue weighted by Crippen LogP contribution is -2.52. The Hall–Kier alpha value is -3.49. The minimum absolute atomic E-state index is 0.150. The van der Waals surface area contributed by atoms with E-state index in [1.807, 2.05) is 24.3 Å². The molecule has 0 radical (unpaired) electrons. The van der Waals surface area contributed by atoms with Crippen LogP contribution in [0.15, 0.2) is 59.8 Å². The molecule has 7 nitrogen and oxygen atoms in total. The summed E-state index contributed by atoms with van der Waals surface area (Å²) >= 11 is 0. The SMILES string of the molecule is O=C(NC(CN1CCC1)C(O)c1ccc(OC2CC2)cc1)C1=NOCc2c1ccc1cc(F)ccc21. The summed E-state index contributed by atoms with van der Waals surface area (Å²) in [7, 11) is 0. The molecule has 2 heterocycles. The van der Waals surface area contributed by atoms with E-state index < -0.39 is 18.1 Å². The van der Waals surface area contributed by atoms with Crippen LogP contribution in [0.1, 0.15) is 42.1 Å². The van der Waals surface area contributed by atoms with E-state index in [0.29, 0.717) is 23.8 Å². The second kappa shape index (κ2) is 9.52. The molecule has 3 aromatic rings. The number of ether oxygens (including phenoxy) is 1. The van der Waals surface area contributed by atoms with Crippen molar-refractivity contribution in [3.05, 3.63) is 77.1 Å². The Morgan fingerprint density at radius 1 is 1.17 bits per heavy atom. The lowest BCUT2D eigenvalue weighted by Gasteiger charge is -2.36. The number of carbonyl (C=O) groups is 1. The van der Waals surface area contributed by atoms with Crippen LogP contribution in [-0.2, 0) is 16.2 Å². The van der Waals surface area contributed by atoms with Gasteiger partial charge in [0.2, 0.25) is 0 Å². The zero-order valence-electron chi connectivity index (χ0n) is 19.8. The fourth-order valence-electron chi connectivity index (χ4n) is 4.77. The molecule has 1 amide bonds. The van der Waals surface area contributed by atoms with Crippen molar-refractivity contribution in [2.24, 2.45) is 5.16 Å². The quantitative estimate of drug-likeness (QED) is 0.505. The number of hydrogen-bond donors (Lipinski definition) is 2. The van der Waals surface area contributed by atoms with Gasteiger partial charge in [0.15, 0.2) is 5.71 Å². The number of hydrogen-bond acceptors (Lipinski definition) is 6. The van der Waals surface area contributed by atoms with Gasteiger partial charge < -0.3 is 24.9 Å². The number of aliphatic hydroxyl groups excluding tert-OH is 1. The predicted octanol–water partition coefficient (Wildman–Crippen LogP) is 3.68. The van der Waals surface area contributed by atoms with Crippen molar-refractivity contribution in [2.45, 2.75) is 44.1 Å². The van der Waals surface area contributed by atoms with Gasteiger partial charge in [0.1, 0.15) is 24.3 Å². The molecular weight excluding hydrogens is 461 g/mol. The number of carbonyl (C=O) groups excluding carboxylic acids is 1. The zero-order chi connectivity index (χ0) is 24.6. The van der Waals surface area contributed by atoms with E-state index in [0.717, 1.165) is 54.4 Å². The lowest BCUT2D eigenvalue weighted by molar-refractivity contribution is -0.116. The number of benzene rings is 3. The molecular formula is C28H28FN3O4. The Morgan fingerprint density at radius 3 is 2.69 bits per heavy atom. The van der Waals surface area contributed by atoms with Crippen molar-refractivity contribution in [2.75, 3.05) is 19.6 Å². The van der Waals surface area contributed by atoms with Crippen molar-refractivity contribution in [1.29, 1.82) is 0 Å². The third-order valence-corrected chi connectivity index (χ3v) is 7.08. The van der Waals surface area contributed by atoms with E-state index in [2.05, 4.69) is 15.4 Å². The maximum absolute atomic E-state index is 13.7. The van der Waals surface area contributed by atoms with E-state index in [4.69, 9.17) is 9.57 Å². The Kier molecular flexibility index (Phi) is 6.07. The molecule has 0 bridgehead atoms. The Labute approximate surface area is 208 Å². The molecule has 2 N–H and O–H groups in total. The van der Waals surface area contributed by atoms with Crippen LogP contribution in [0.25, 0.3) is 10.8 Å². The van der Waals surface area contributed by atoms with E-state index in [9.17, 15) is 14.3 Å². The van der Waals surface area contributed by atoms with Gasteiger partial charge in [0.05, 0.1) is 12.1 Å². The van der Waals surface area contributed by atoms with Gasteiger partial charge >= 0.3 is 0 Å². The second-order valence-electron chi connectivity index (χ2n) is 9.74. The molecule has 1 saturated carbocycles. The molecule has 2 aliphatic heterocycles. The molecule has 1 saturated heterocycles. The Morgan fingerprint density at radius 2 is 1.97 bits per heavy atom. The number of amides is 1. The maximum atomic E-state index is 13.7. The van der Waals surface area contributed by atoms with Gasteiger partial charge in [-0.15, -0.1) is 0 Å². The molecule has 2 atom stereocenters. The number of nitrogens with zero attached hydrogens (tertiary/aromatic N) is 2. The van der Waals surface area contributed by atoms with Crippen LogP contribution in [0, 0.1) is 5.82 Å². The molecule has 2 unspecified atom stereocenters. The summed E-state index contributed by atoms with van der Waals surface area (Å²) in [6.07, 6.45) is 2.66. The average molecular weight is 490 g/mol. The summed E-state index contributed by atoms with van der Waals surface area (Å²) in [6.45, 7) is 2.58. The highest BCUT2D eigenvalue weighted by atomic mass is 19.1. The normalized spacial score (nSPS) is 18.9.